The molecule has 7 nitrogen and oxygen atoms in total. The number of allylic oxidation sites excluding steroid dienone is 1. The summed E-state index contributed by atoms with van der Waals surface area (Å²) in [4.78, 5) is 30.8. The van der Waals surface area contributed by atoms with Gasteiger partial charge in [-0.3, -0.25) is 18.3 Å². The third kappa shape index (κ3) is 2.68. The van der Waals surface area contributed by atoms with Gasteiger partial charge >= 0.3 is 5.69 Å². The topological polar surface area (TPSA) is 66.2 Å². The van der Waals surface area contributed by atoms with E-state index in [1.54, 1.807) is 14.0 Å². The van der Waals surface area contributed by atoms with E-state index in [9.17, 15) is 9.59 Å². The molecule has 0 radical (unpaired) electrons. The molecule has 0 saturated heterocycles. The summed E-state index contributed by atoms with van der Waals surface area (Å²) in [6.07, 6.45) is 0. The molecule has 0 amide bonds. The van der Waals surface area contributed by atoms with Crippen LogP contribution in [0.3, 0.4) is 0 Å². The molecule has 1 atom stereocenters. The van der Waals surface area contributed by atoms with Gasteiger partial charge < -0.3 is 4.57 Å². The van der Waals surface area contributed by atoms with E-state index in [4.69, 9.17) is 4.98 Å². The summed E-state index contributed by atoms with van der Waals surface area (Å²) in [5.74, 6) is 0.659. The third-order valence-corrected chi connectivity index (χ3v) is 5.66. The van der Waals surface area contributed by atoms with Crippen molar-refractivity contribution >= 4 is 16.9 Å². The number of aryl methyl sites for hydroxylation is 2. The standard InChI is InChI=1S/C22H25N5O2/c1-13(2)12-25-20(28)18-19(24(6)22(25)29)23-21-26(14(3)15(4)27(18)21)16(5)17-10-8-7-9-11-17/h7-11,16H,1,12H2,2-6H3. The van der Waals surface area contributed by atoms with E-state index in [2.05, 4.69) is 30.2 Å². The van der Waals surface area contributed by atoms with Crippen molar-refractivity contribution in [3.63, 3.8) is 0 Å². The molecule has 1 aromatic carbocycles. The monoisotopic (exact) mass is 391 g/mol. The van der Waals surface area contributed by atoms with Gasteiger partial charge in [0.1, 0.15) is 0 Å². The summed E-state index contributed by atoms with van der Waals surface area (Å²) >= 11 is 0. The lowest BCUT2D eigenvalue weighted by atomic mass is 10.1. The Balaban J connectivity index is 2.12. The maximum atomic E-state index is 13.3. The van der Waals surface area contributed by atoms with E-state index >= 15 is 0 Å². The van der Waals surface area contributed by atoms with Gasteiger partial charge in [-0.05, 0) is 33.3 Å². The first-order valence-corrected chi connectivity index (χ1v) is 9.62. The molecular formula is C22H25N5O2. The van der Waals surface area contributed by atoms with E-state index in [-0.39, 0.29) is 23.8 Å². The number of fused-ring (bicyclic) bond motifs is 3. The predicted octanol–water partition coefficient (Wildman–Crippen LogP) is 2.95. The zero-order valence-electron chi connectivity index (χ0n) is 17.4. The molecule has 150 valence electrons. The third-order valence-electron chi connectivity index (χ3n) is 5.66. The van der Waals surface area contributed by atoms with Crippen molar-refractivity contribution in [1.82, 2.24) is 23.1 Å². The Bertz CT molecular complexity index is 1380. The SMILES string of the molecule is C=C(C)Cn1c(=O)c2c(nc3n(C(C)c4ccccc4)c(C)c(C)n23)n(C)c1=O. The van der Waals surface area contributed by atoms with Gasteiger partial charge in [0.15, 0.2) is 11.2 Å². The largest absolute Gasteiger partial charge is 0.332 e. The van der Waals surface area contributed by atoms with Crippen molar-refractivity contribution in [2.24, 2.45) is 7.05 Å². The number of rotatable bonds is 4. The smallest absolute Gasteiger partial charge is 0.307 e. The van der Waals surface area contributed by atoms with Crippen molar-refractivity contribution in [1.29, 1.82) is 0 Å². The van der Waals surface area contributed by atoms with Crippen LogP contribution in [0.2, 0.25) is 0 Å². The molecule has 0 aliphatic heterocycles. The summed E-state index contributed by atoms with van der Waals surface area (Å²) in [5.41, 5.74) is 3.94. The predicted molar refractivity (Wildman–Crippen MR) is 115 cm³/mol. The van der Waals surface area contributed by atoms with Gasteiger partial charge in [-0.15, -0.1) is 0 Å². The van der Waals surface area contributed by atoms with Gasteiger partial charge in [0, 0.05) is 18.4 Å². The lowest BCUT2D eigenvalue weighted by molar-refractivity contribution is 0.637. The van der Waals surface area contributed by atoms with Gasteiger partial charge in [-0.25, -0.2) is 4.79 Å². The minimum Gasteiger partial charge on any atom is -0.307 e. The lowest BCUT2D eigenvalue weighted by Crippen LogP contribution is -2.39. The van der Waals surface area contributed by atoms with E-state index in [1.165, 1.54) is 9.13 Å². The molecule has 0 bridgehead atoms. The maximum Gasteiger partial charge on any atom is 0.332 e. The second-order valence-electron chi connectivity index (χ2n) is 7.74. The number of imidazole rings is 2. The summed E-state index contributed by atoms with van der Waals surface area (Å²) in [5, 5.41) is 0. The number of aromatic nitrogens is 5. The van der Waals surface area contributed by atoms with Crippen LogP contribution in [0.5, 0.6) is 0 Å². The fraction of sp³-hybridized carbons (Fsp3) is 0.318. The summed E-state index contributed by atoms with van der Waals surface area (Å²) in [7, 11) is 1.65. The Morgan fingerprint density at radius 2 is 1.79 bits per heavy atom. The van der Waals surface area contributed by atoms with Crippen molar-refractivity contribution in [2.75, 3.05) is 0 Å². The molecule has 7 heteroatoms. The average Bonchev–Trinajstić information content (AvgIpc) is 3.19. The highest BCUT2D eigenvalue weighted by Gasteiger charge is 2.24. The van der Waals surface area contributed by atoms with E-state index in [0.717, 1.165) is 22.5 Å². The van der Waals surface area contributed by atoms with Crippen LogP contribution in [-0.2, 0) is 13.6 Å². The van der Waals surface area contributed by atoms with Crippen LogP contribution >= 0.6 is 0 Å². The summed E-state index contributed by atoms with van der Waals surface area (Å²) in [6.45, 7) is 12.0. The second kappa shape index (κ2) is 6.62. The zero-order chi connectivity index (χ0) is 21.0. The van der Waals surface area contributed by atoms with Crippen LogP contribution in [0.1, 0.15) is 36.8 Å². The first-order valence-electron chi connectivity index (χ1n) is 9.62. The molecule has 0 spiro atoms. The second-order valence-corrected chi connectivity index (χ2v) is 7.74. The fourth-order valence-electron chi connectivity index (χ4n) is 4.03. The van der Waals surface area contributed by atoms with Crippen LogP contribution in [0.4, 0.5) is 0 Å². The molecule has 3 aromatic heterocycles. The fourth-order valence-corrected chi connectivity index (χ4v) is 4.03. The number of hydrogen-bond donors (Lipinski definition) is 0. The highest BCUT2D eigenvalue weighted by atomic mass is 16.2. The molecule has 1 unspecified atom stereocenters. The van der Waals surface area contributed by atoms with Crippen LogP contribution in [0.25, 0.3) is 16.9 Å². The number of benzene rings is 1. The van der Waals surface area contributed by atoms with Crippen molar-refractivity contribution in [3.05, 3.63) is 80.3 Å². The minimum atomic E-state index is -0.386. The van der Waals surface area contributed by atoms with Gasteiger partial charge in [-0.2, -0.15) is 4.98 Å². The van der Waals surface area contributed by atoms with Crippen LogP contribution in [0, 0.1) is 13.8 Å². The Kier molecular flexibility index (Phi) is 4.33. The summed E-state index contributed by atoms with van der Waals surface area (Å²) in [6, 6.07) is 10.2. The highest BCUT2D eigenvalue weighted by molar-refractivity contribution is 5.76. The molecule has 29 heavy (non-hydrogen) atoms. The molecule has 0 aliphatic rings. The Labute approximate surface area is 168 Å². The van der Waals surface area contributed by atoms with Crippen LogP contribution < -0.4 is 11.2 Å². The molecule has 4 rings (SSSR count). The highest BCUT2D eigenvalue weighted by Crippen LogP contribution is 2.27. The summed E-state index contributed by atoms with van der Waals surface area (Å²) < 4.78 is 6.67. The van der Waals surface area contributed by atoms with E-state index < -0.39 is 0 Å². The Hall–Kier alpha value is -3.35. The van der Waals surface area contributed by atoms with Crippen molar-refractivity contribution in [2.45, 2.75) is 40.3 Å². The number of hydrogen-bond acceptors (Lipinski definition) is 3. The van der Waals surface area contributed by atoms with Gasteiger partial charge in [0.2, 0.25) is 5.78 Å². The van der Waals surface area contributed by atoms with Gasteiger partial charge in [-0.1, -0.05) is 42.5 Å². The van der Waals surface area contributed by atoms with Crippen LogP contribution in [0.15, 0.2) is 52.1 Å². The molecule has 0 N–H and O–H groups in total. The quantitative estimate of drug-likeness (QED) is 0.503. The molecule has 3 heterocycles. The van der Waals surface area contributed by atoms with Crippen molar-refractivity contribution in [3.8, 4) is 0 Å². The Morgan fingerprint density at radius 1 is 1.14 bits per heavy atom. The van der Waals surface area contributed by atoms with Gasteiger partial charge in [0.25, 0.3) is 5.56 Å². The maximum absolute atomic E-state index is 13.3. The first-order chi connectivity index (χ1) is 13.7. The molecule has 0 aliphatic carbocycles. The van der Waals surface area contributed by atoms with Crippen LogP contribution in [-0.4, -0.2) is 23.1 Å². The molecule has 0 saturated carbocycles. The normalized spacial score (nSPS) is 12.7. The van der Waals surface area contributed by atoms with Crippen molar-refractivity contribution < 1.29 is 0 Å². The minimum absolute atomic E-state index is 0.0267. The number of nitrogens with zero attached hydrogens (tertiary/aromatic N) is 5. The first kappa shape index (κ1) is 19.0. The molecule has 4 aromatic rings. The van der Waals surface area contributed by atoms with Gasteiger partial charge in [0.05, 0.1) is 12.6 Å². The Morgan fingerprint density at radius 3 is 2.41 bits per heavy atom. The zero-order valence-corrected chi connectivity index (χ0v) is 17.4. The lowest BCUT2D eigenvalue weighted by Gasteiger charge is -2.16. The molecule has 0 fully saturated rings. The molecular weight excluding hydrogens is 366 g/mol. The van der Waals surface area contributed by atoms with E-state index in [0.29, 0.717) is 16.9 Å². The average molecular weight is 391 g/mol. The van der Waals surface area contributed by atoms with E-state index in [1.807, 2.05) is 36.4 Å².